The third-order valence-corrected chi connectivity index (χ3v) is 2.85. The van der Waals surface area contributed by atoms with E-state index in [1.807, 2.05) is 31.2 Å². The van der Waals surface area contributed by atoms with E-state index in [1.54, 1.807) is 18.2 Å². The average Bonchev–Trinajstić information content (AvgIpc) is 2.44. The van der Waals surface area contributed by atoms with E-state index < -0.39 is 0 Å². The Bertz CT molecular complexity index is 732. The molecule has 0 heterocycles. The number of nitriles is 2. The van der Waals surface area contributed by atoms with Gasteiger partial charge in [-0.05, 0) is 18.6 Å². The molecule has 0 unspecified atom stereocenters. The van der Waals surface area contributed by atoms with Crippen LogP contribution >= 0.6 is 0 Å². The van der Waals surface area contributed by atoms with E-state index >= 15 is 0 Å². The molecule has 0 saturated carbocycles. The van der Waals surface area contributed by atoms with Gasteiger partial charge in [-0.25, -0.2) is 0 Å². The molecule has 0 aliphatic rings. The number of aryl methyl sites for hydroxylation is 1. The molecular weight excluding hydrogens is 238 g/mol. The van der Waals surface area contributed by atoms with E-state index in [2.05, 4.69) is 5.32 Å². The maximum atomic E-state index is 10.0. The van der Waals surface area contributed by atoms with Gasteiger partial charge in [0.15, 0.2) is 0 Å². The maximum absolute atomic E-state index is 10.0. The monoisotopic (exact) mass is 249 g/mol. The molecule has 0 amide bonds. The highest BCUT2D eigenvalue weighted by Crippen LogP contribution is 2.32. The van der Waals surface area contributed by atoms with Gasteiger partial charge in [-0.1, -0.05) is 24.3 Å². The molecule has 4 heteroatoms. The molecular formula is C15H11N3O. The Hall–Kier alpha value is -2.98. The van der Waals surface area contributed by atoms with Crippen LogP contribution in [-0.4, -0.2) is 5.11 Å². The minimum atomic E-state index is -0.00617. The summed E-state index contributed by atoms with van der Waals surface area (Å²) in [7, 11) is 0. The van der Waals surface area contributed by atoms with Crippen LogP contribution in [0.5, 0.6) is 5.75 Å². The molecule has 0 atom stereocenters. The summed E-state index contributed by atoms with van der Waals surface area (Å²) in [6.07, 6.45) is 1.35. The number of rotatable bonds is 2. The number of allylic oxidation sites excluding steroid dienone is 1. The van der Waals surface area contributed by atoms with Crippen molar-refractivity contribution in [2.45, 2.75) is 6.92 Å². The predicted octanol–water partition coefficient (Wildman–Crippen LogP) is 3.20. The Morgan fingerprint density at radius 2 is 1.89 bits per heavy atom. The fourth-order valence-corrected chi connectivity index (χ4v) is 1.82. The van der Waals surface area contributed by atoms with Crippen LogP contribution in [0.3, 0.4) is 0 Å². The van der Waals surface area contributed by atoms with Crippen molar-refractivity contribution in [3.8, 4) is 17.9 Å². The summed E-state index contributed by atoms with van der Waals surface area (Å²) in [6, 6.07) is 12.7. The molecule has 0 saturated heterocycles. The van der Waals surface area contributed by atoms with Crippen LogP contribution in [-0.2, 0) is 0 Å². The predicted molar refractivity (Wildman–Crippen MR) is 73.3 cm³/mol. The summed E-state index contributed by atoms with van der Waals surface area (Å²) in [5, 5.41) is 31.8. The fraction of sp³-hybridized carbons (Fsp3) is 0.0667. The van der Waals surface area contributed by atoms with Gasteiger partial charge in [0.05, 0.1) is 0 Å². The van der Waals surface area contributed by atoms with E-state index in [1.165, 1.54) is 6.20 Å². The topological polar surface area (TPSA) is 79.8 Å². The number of aromatic hydroxyl groups is 1. The number of hydrogen-bond acceptors (Lipinski definition) is 4. The summed E-state index contributed by atoms with van der Waals surface area (Å²) in [4.78, 5) is 0. The lowest BCUT2D eigenvalue weighted by Crippen LogP contribution is -1.91. The van der Waals surface area contributed by atoms with Crippen LogP contribution in [0.2, 0.25) is 0 Å². The number of hydrogen-bond donors (Lipinski definition) is 2. The molecule has 92 valence electrons. The van der Waals surface area contributed by atoms with Gasteiger partial charge in [-0.3, -0.25) is 0 Å². The molecule has 0 spiro atoms. The summed E-state index contributed by atoms with van der Waals surface area (Å²) >= 11 is 0. The Morgan fingerprint density at radius 3 is 2.58 bits per heavy atom. The molecule has 0 fully saturated rings. The molecule has 0 aliphatic carbocycles. The van der Waals surface area contributed by atoms with Crippen LogP contribution in [0.4, 0.5) is 5.69 Å². The second kappa shape index (κ2) is 5.12. The largest absolute Gasteiger partial charge is 0.507 e. The first-order valence-corrected chi connectivity index (χ1v) is 5.65. The van der Waals surface area contributed by atoms with Crippen molar-refractivity contribution in [1.29, 1.82) is 10.5 Å². The highest BCUT2D eigenvalue weighted by atomic mass is 16.3. The summed E-state index contributed by atoms with van der Waals surface area (Å²) in [5.74, 6) is 0.242. The van der Waals surface area contributed by atoms with Crippen molar-refractivity contribution in [3.05, 3.63) is 47.7 Å². The van der Waals surface area contributed by atoms with E-state index in [4.69, 9.17) is 10.5 Å². The first-order chi connectivity index (χ1) is 9.17. The molecule has 2 N–H and O–H groups in total. The van der Waals surface area contributed by atoms with Crippen LogP contribution in [0, 0.1) is 29.6 Å². The number of nitrogens with one attached hydrogen (secondary N) is 1. The van der Waals surface area contributed by atoms with Gasteiger partial charge in [-0.2, -0.15) is 10.5 Å². The van der Waals surface area contributed by atoms with E-state index in [0.29, 0.717) is 0 Å². The Morgan fingerprint density at radius 1 is 1.16 bits per heavy atom. The SMILES string of the molecule is Cc1ccc2c(NC=C(C#N)C#N)cccc2c1O. The lowest BCUT2D eigenvalue weighted by molar-refractivity contribution is 0.477. The Balaban J connectivity index is 2.52. The average molecular weight is 249 g/mol. The smallest absolute Gasteiger partial charge is 0.145 e. The zero-order chi connectivity index (χ0) is 13.8. The summed E-state index contributed by atoms with van der Waals surface area (Å²) < 4.78 is 0. The molecule has 4 nitrogen and oxygen atoms in total. The zero-order valence-corrected chi connectivity index (χ0v) is 10.3. The number of phenolic OH excluding ortho intramolecular Hbond substituents is 1. The van der Waals surface area contributed by atoms with Crippen molar-refractivity contribution < 1.29 is 5.11 Å². The third-order valence-electron chi connectivity index (χ3n) is 2.85. The maximum Gasteiger partial charge on any atom is 0.145 e. The zero-order valence-electron chi connectivity index (χ0n) is 10.3. The van der Waals surface area contributed by atoms with Crippen molar-refractivity contribution in [2.24, 2.45) is 0 Å². The number of phenols is 1. The highest BCUT2D eigenvalue weighted by molar-refractivity contribution is 5.98. The van der Waals surface area contributed by atoms with Gasteiger partial charge < -0.3 is 10.4 Å². The van der Waals surface area contributed by atoms with E-state index in [9.17, 15) is 5.11 Å². The minimum Gasteiger partial charge on any atom is -0.507 e. The lowest BCUT2D eigenvalue weighted by Gasteiger charge is -2.09. The standard InChI is InChI=1S/C15H11N3O/c1-10-5-6-12-13(15(10)19)3-2-4-14(12)18-9-11(7-16)8-17/h2-6,9,18-19H,1H3. The molecule has 2 aromatic carbocycles. The van der Waals surface area contributed by atoms with E-state index in [0.717, 1.165) is 22.0 Å². The van der Waals surface area contributed by atoms with Crippen LogP contribution in [0.25, 0.3) is 10.8 Å². The fourth-order valence-electron chi connectivity index (χ4n) is 1.82. The van der Waals surface area contributed by atoms with Crippen LogP contribution < -0.4 is 5.32 Å². The number of fused-ring (bicyclic) bond motifs is 1. The first kappa shape index (κ1) is 12.5. The highest BCUT2D eigenvalue weighted by Gasteiger charge is 2.06. The molecule has 0 aromatic heterocycles. The van der Waals surface area contributed by atoms with Crippen molar-refractivity contribution >= 4 is 16.5 Å². The molecule has 0 radical (unpaired) electrons. The minimum absolute atomic E-state index is 0.00617. The first-order valence-electron chi connectivity index (χ1n) is 5.65. The number of nitrogens with zero attached hydrogens (tertiary/aromatic N) is 2. The quantitative estimate of drug-likeness (QED) is 0.801. The van der Waals surface area contributed by atoms with Crippen molar-refractivity contribution in [1.82, 2.24) is 0 Å². The van der Waals surface area contributed by atoms with Gasteiger partial charge in [0.1, 0.15) is 23.5 Å². The molecule has 2 rings (SSSR count). The summed E-state index contributed by atoms with van der Waals surface area (Å²) in [5.41, 5.74) is 1.53. The molecule has 0 aliphatic heterocycles. The van der Waals surface area contributed by atoms with Crippen LogP contribution in [0.1, 0.15) is 5.56 Å². The van der Waals surface area contributed by atoms with Gasteiger partial charge in [0.25, 0.3) is 0 Å². The number of benzene rings is 2. The Labute approximate surface area is 110 Å². The van der Waals surface area contributed by atoms with Crippen molar-refractivity contribution in [2.75, 3.05) is 5.32 Å². The van der Waals surface area contributed by atoms with Crippen molar-refractivity contribution in [3.63, 3.8) is 0 Å². The van der Waals surface area contributed by atoms with Gasteiger partial charge >= 0.3 is 0 Å². The molecule has 0 bridgehead atoms. The lowest BCUT2D eigenvalue weighted by atomic mass is 10.0. The second-order valence-electron chi connectivity index (χ2n) is 4.06. The number of anilines is 1. The Kier molecular flexibility index (Phi) is 3.36. The summed E-state index contributed by atoms with van der Waals surface area (Å²) in [6.45, 7) is 1.83. The normalized spacial score (nSPS) is 9.42. The molecule has 2 aromatic rings. The van der Waals surface area contributed by atoms with Gasteiger partial charge in [0, 0.05) is 22.7 Å². The second-order valence-corrected chi connectivity index (χ2v) is 4.06. The van der Waals surface area contributed by atoms with Gasteiger partial charge in [0.2, 0.25) is 0 Å². The molecule has 19 heavy (non-hydrogen) atoms. The van der Waals surface area contributed by atoms with Gasteiger partial charge in [-0.15, -0.1) is 0 Å². The van der Waals surface area contributed by atoms with E-state index in [-0.39, 0.29) is 11.3 Å². The van der Waals surface area contributed by atoms with Crippen LogP contribution in [0.15, 0.2) is 42.1 Å². The third kappa shape index (κ3) is 2.34.